The van der Waals surface area contributed by atoms with E-state index in [1.54, 1.807) is 13.8 Å². The van der Waals surface area contributed by atoms with Crippen molar-refractivity contribution in [2.45, 2.75) is 57.2 Å². The molecule has 2 N–H and O–H groups in total. The van der Waals surface area contributed by atoms with Crippen molar-refractivity contribution in [3.05, 3.63) is 34.4 Å². The lowest BCUT2D eigenvalue weighted by atomic mass is 9.95. The molecule has 0 spiro atoms. The topological polar surface area (TPSA) is 129 Å². The van der Waals surface area contributed by atoms with Gasteiger partial charge in [0.15, 0.2) is 5.79 Å². The number of ether oxygens (including phenoxy) is 4. The van der Waals surface area contributed by atoms with Gasteiger partial charge in [-0.3, -0.25) is 14.9 Å². The van der Waals surface area contributed by atoms with Crippen molar-refractivity contribution in [2.75, 3.05) is 6.61 Å². The third-order valence-corrected chi connectivity index (χ3v) is 4.34. The number of aliphatic hydroxyl groups excluding tert-OH is 1. The van der Waals surface area contributed by atoms with Crippen LogP contribution in [0.3, 0.4) is 0 Å². The van der Waals surface area contributed by atoms with Gasteiger partial charge in [0, 0.05) is 13.0 Å². The van der Waals surface area contributed by atoms with Gasteiger partial charge < -0.3 is 29.4 Å². The second-order valence-corrected chi connectivity index (χ2v) is 6.93. The molecule has 3 rings (SSSR count). The van der Waals surface area contributed by atoms with E-state index < -0.39 is 41.4 Å². The number of nitro groups is 1. The zero-order valence-corrected chi connectivity index (χ0v) is 15.2. The molecule has 1 aromatic carbocycles. The Balaban J connectivity index is 1.83. The number of rotatable bonds is 4. The number of carbonyl (C=O) groups excluding carboxylic acids is 1. The van der Waals surface area contributed by atoms with Gasteiger partial charge in [-0.25, -0.2) is 0 Å². The van der Waals surface area contributed by atoms with Crippen LogP contribution in [0.2, 0.25) is 0 Å². The molecular weight excluding hydrogens is 360 g/mol. The number of benzene rings is 1. The van der Waals surface area contributed by atoms with Gasteiger partial charge in [0.1, 0.15) is 30.1 Å². The van der Waals surface area contributed by atoms with Crippen LogP contribution in [0.1, 0.15) is 20.8 Å². The van der Waals surface area contributed by atoms with Crippen LogP contribution in [0, 0.1) is 10.1 Å². The third kappa shape index (κ3) is 4.35. The fourth-order valence-electron chi connectivity index (χ4n) is 3.14. The minimum Gasteiger partial charge on any atom is -0.462 e. The zero-order valence-electron chi connectivity index (χ0n) is 15.2. The molecule has 148 valence electrons. The zero-order chi connectivity index (χ0) is 19.8. The van der Waals surface area contributed by atoms with Crippen LogP contribution in [0.4, 0.5) is 5.69 Å². The van der Waals surface area contributed by atoms with E-state index in [-0.39, 0.29) is 24.0 Å². The van der Waals surface area contributed by atoms with E-state index in [4.69, 9.17) is 18.9 Å². The van der Waals surface area contributed by atoms with Crippen LogP contribution in [0.5, 0.6) is 5.75 Å². The average Bonchev–Trinajstić information content (AvgIpc) is 2.59. The largest absolute Gasteiger partial charge is 0.462 e. The Morgan fingerprint density at radius 2 is 2.19 bits per heavy atom. The van der Waals surface area contributed by atoms with E-state index in [9.17, 15) is 20.0 Å². The minimum absolute atomic E-state index is 0.149. The van der Waals surface area contributed by atoms with Crippen LogP contribution >= 0.6 is 0 Å². The molecule has 5 atom stereocenters. The van der Waals surface area contributed by atoms with Crippen molar-refractivity contribution < 1.29 is 33.8 Å². The Labute approximate surface area is 155 Å². The number of hydrogen-bond donors (Lipinski definition) is 2. The number of amides is 1. The van der Waals surface area contributed by atoms with Crippen molar-refractivity contribution >= 4 is 11.6 Å². The van der Waals surface area contributed by atoms with Crippen molar-refractivity contribution in [3.8, 4) is 5.75 Å². The van der Waals surface area contributed by atoms with Gasteiger partial charge in [0.25, 0.3) is 5.69 Å². The van der Waals surface area contributed by atoms with Gasteiger partial charge in [-0.05, 0) is 19.9 Å². The number of nitro benzene ring substituents is 1. The second kappa shape index (κ2) is 7.39. The predicted octanol–water partition coefficient (Wildman–Crippen LogP) is 0.716. The van der Waals surface area contributed by atoms with E-state index in [0.717, 1.165) is 0 Å². The first kappa shape index (κ1) is 19.5. The summed E-state index contributed by atoms with van der Waals surface area (Å²) in [6.07, 6.45) is -3.56. The van der Waals surface area contributed by atoms with Gasteiger partial charge in [-0.2, -0.15) is 0 Å². The Kier molecular flexibility index (Phi) is 5.33. The molecule has 1 amide bonds. The summed E-state index contributed by atoms with van der Waals surface area (Å²) in [5.41, 5.74) is -0.149. The Bertz CT molecular complexity index is 725. The first-order valence-electron chi connectivity index (χ1n) is 8.50. The molecule has 10 heteroatoms. The van der Waals surface area contributed by atoms with E-state index in [1.165, 1.54) is 31.2 Å². The van der Waals surface area contributed by atoms with Crippen molar-refractivity contribution in [1.29, 1.82) is 0 Å². The van der Waals surface area contributed by atoms with Crippen molar-refractivity contribution in [2.24, 2.45) is 0 Å². The molecule has 2 fully saturated rings. The molecule has 0 radical (unpaired) electrons. The van der Waals surface area contributed by atoms with Crippen LogP contribution < -0.4 is 10.1 Å². The monoisotopic (exact) mass is 382 g/mol. The molecule has 27 heavy (non-hydrogen) atoms. The summed E-state index contributed by atoms with van der Waals surface area (Å²) in [7, 11) is 0. The van der Waals surface area contributed by atoms with Crippen LogP contribution in [0.15, 0.2) is 24.3 Å². The van der Waals surface area contributed by atoms with Crippen LogP contribution in [-0.4, -0.2) is 59.0 Å². The first-order chi connectivity index (χ1) is 12.7. The van der Waals surface area contributed by atoms with Gasteiger partial charge in [-0.1, -0.05) is 6.07 Å². The van der Waals surface area contributed by atoms with E-state index in [1.807, 2.05) is 0 Å². The fraction of sp³-hybridized carbons (Fsp3) is 0.588. The van der Waals surface area contributed by atoms with Crippen LogP contribution in [-0.2, 0) is 19.0 Å². The van der Waals surface area contributed by atoms with E-state index in [0.29, 0.717) is 0 Å². The van der Waals surface area contributed by atoms with Gasteiger partial charge in [0.05, 0.1) is 17.6 Å². The predicted molar refractivity (Wildman–Crippen MR) is 90.9 cm³/mol. The summed E-state index contributed by atoms with van der Waals surface area (Å²) < 4.78 is 22.9. The second-order valence-electron chi connectivity index (χ2n) is 6.93. The number of non-ortho nitro benzene ring substituents is 1. The number of carbonyl (C=O) groups is 1. The average molecular weight is 382 g/mol. The Morgan fingerprint density at radius 3 is 2.85 bits per heavy atom. The lowest BCUT2D eigenvalue weighted by molar-refractivity contribution is -0.385. The minimum atomic E-state index is -1.13. The molecule has 0 saturated carbocycles. The molecule has 2 aliphatic rings. The quantitative estimate of drug-likeness (QED) is 0.575. The van der Waals surface area contributed by atoms with Gasteiger partial charge in [-0.15, -0.1) is 0 Å². The maximum absolute atomic E-state index is 11.6. The molecule has 0 bridgehead atoms. The highest BCUT2D eigenvalue weighted by atomic mass is 16.8. The lowest BCUT2D eigenvalue weighted by Crippen LogP contribution is -2.69. The number of aliphatic hydroxyl groups is 1. The molecule has 2 heterocycles. The van der Waals surface area contributed by atoms with E-state index >= 15 is 0 Å². The van der Waals surface area contributed by atoms with Gasteiger partial charge in [0.2, 0.25) is 12.2 Å². The smallest absolute Gasteiger partial charge is 0.273 e. The summed E-state index contributed by atoms with van der Waals surface area (Å²) >= 11 is 0. The number of nitrogens with one attached hydrogen (secondary N) is 1. The summed E-state index contributed by atoms with van der Waals surface area (Å²) in [4.78, 5) is 22.0. The summed E-state index contributed by atoms with van der Waals surface area (Å²) in [5, 5.41) is 24.3. The molecule has 0 aliphatic carbocycles. The highest BCUT2D eigenvalue weighted by Gasteiger charge is 2.52. The molecule has 2 aliphatic heterocycles. The molecule has 0 unspecified atom stereocenters. The normalized spacial score (nSPS) is 32.2. The number of fused-ring (bicyclic) bond motifs is 1. The molecule has 0 aromatic heterocycles. The van der Waals surface area contributed by atoms with Crippen molar-refractivity contribution in [3.63, 3.8) is 0 Å². The van der Waals surface area contributed by atoms with Crippen molar-refractivity contribution in [1.82, 2.24) is 5.32 Å². The van der Waals surface area contributed by atoms with Crippen LogP contribution in [0.25, 0.3) is 0 Å². The number of nitrogens with zero attached hydrogens (tertiary/aromatic N) is 1. The SMILES string of the molecule is CC(=O)N[C@@H]1[C@@H](Oc2cccc([N+](=O)[O-])c2)O[C@H]2COC(C)(C)O[C@H]2[C@H]1O. The summed E-state index contributed by atoms with van der Waals surface area (Å²) in [5.74, 6) is -1.12. The maximum Gasteiger partial charge on any atom is 0.273 e. The summed E-state index contributed by atoms with van der Waals surface area (Å²) in [6, 6.07) is 4.63. The molecule has 1 aromatic rings. The Morgan fingerprint density at radius 1 is 1.44 bits per heavy atom. The van der Waals surface area contributed by atoms with E-state index in [2.05, 4.69) is 5.32 Å². The highest BCUT2D eigenvalue weighted by Crippen LogP contribution is 2.33. The standard InChI is InChI=1S/C17H22N2O8/c1-9(20)18-13-14(21)15-12(8-24-17(2,3)27-15)26-16(13)25-11-6-4-5-10(7-11)19(22)23/h4-7,12-16,21H,8H2,1-3H3,(H,18,20)/t12-,13-,14-,15+,16-/m0/s1. The summed E-state index contributed by atoms with van der Waals surface area (Å²) in [6.45, 7) is 4.90. The maximum atomic E-state index is 11.6. The fourth-order valence-corrected chi connectivity index (χ4v) is 3.14. The lowest BCUT2D eigenvalue weighted by Gasteiger charge is -2.49. The third-order valence-electron chi connectivity index (χ3n) is 4.34. The number of hydrogen-bond acceptors (Lipinski definition) is 8. The molecular formula is C17H22N2O8. The Hall–Kier alpha value is -2.27. The first-order valence-corrected chi connectivity index (χ1v) is 8.50. The highest BCUT2D eigenvalue weighted by molar-refractivity contribution is 5.73. The van der Waals surface area contributed by atoms with Gasteiger partial charge >= 0.3 is 0 Å². The molecule has 10 nitrogen and oxygen atoms in total. The molecule has 2 saturated heterocycles.